The van der Waals surface area contributed by atoms with Crippen molar-refractivity contribution < 1.29 is 0 Å². The Hall–Kier alpha value is -0.950. The zero-order chi connectivity index (χ0) is 13.1. The number of hydrogen-bond donors (Lipinski definition) is 0. The largest absolute Gasteiger partial charge is 0.155 e. The molecule has 102 valence electrons. The Balaban J connectivity index is 1.48. The number of benzene rings is 2. The van der Waals surface area contributed by atoms with Gasteiger partial charge in [-0.25, -0.2) is 0 Å². The van der Waals surface area contributed by atoms with Crippen LogP contribution in [0.2, 0.25) is 0 Å². The molecule has 1 saturated heterocycles. The standard InChI is InChI=1S/C19H21S/c1-2-4-14-10-17(8-7-13(14)3-1)20-11-18-15-5-6-16(9-15)19(18)12-20/h1-4,7-8,10,15-16,18-19H,5-6,9,11-12H2/q+1. The van der Waals surface area contributed by atoms with Crippen molar-refractivity contribution in [1.82, 2.24) is 0 Å². The summed E-state index contributed by atoms with van der Waals surface area (Å²) in [5, 5.41) is 2.82. The number of rotatable bonds is 1. The maximum atomic E-state index is 2.47. The van der Waals surface area contributed by atoms with Crippen LogP contribution in [0.1, 0.15) is 19.3 Å². The highest BCUT2D eigenvalue weighted by Crippen LogP contribution is 2.56. The molecule has 2 saturated carbocycles. The highest BCUT2D eigenvalue weighted by molar-refractivity contribution is 7.97. The molecule has 2 aliphatic carbocycles. The average Bonchev–Trinajstić information content (AvgIpc) is 3.19. The summed E-state index contributed by atoms with van der Waals surface area (Å²) >= 11 is 0. The highest BCUT2D eigenvalue weighted by atomic mass is 32.2. The molecule has 0 N–H and O–H groups in total. The van der Waals surface area contributed by atoms with Crippen LogP contribution in [0.15, 0.2) is 47.4 Å². The van der Waals surface area contributed by atoms with Crippen molar-refractivity contribution in [3.05, 3.63) is 42.5 Å². The third kappa shape index (κ3) is 1.62. The van der Waals surface area contributed by atoms with Crippen molar-refractivity contribution >= 4 is 21.7 Å². The van der Waals surface area contributed by atoms with Crippen molar-refractivity contribution in [2.45, 2.75) is 24.2 Å². The van der Waals surface area contributed by atoms with Crippen LogP contribution in [0.5, 0.6) is 0 Å². The molecule has 2 bridgehead atoms. The molecule has 0 spiro atoms. The quantitative estimate of drug-likeness (QED) is 0.675. The van der Waals surface area contributed by atoms with Crippen molar-refractivity contribution in [3.8, 4) is 0 Å². The summed E-state index contributed by atoms with van der Waals surface area (Å²) in [6.07, 6.45) is 4.66. The predicted octanol–water partition coefficient (Wildman–Crippen LogP) is 4.49. The molecule has 2 aromatic carbocycles. The maximum Gasteiger partial charge on any atom is 0.155 e. The lowest BCUT2D eigenvalue weighted by atomic mass is 9.82. The van der Waals surface area contributed by atoms with Gasteiger partial charge in [0.05, 0.1) is 0 Å². The van der Waals surface area contributed by atoms with Crippen LogP contribution >= 0.6 is 0 Å². The third-order valence-corrected chi connectivity index (χ3v) is 8.61. The van der Waals surface area contributed by atoms with Gasteiger partial charge in [0.25, 0.3) is 0 Å². The summed E-state index contributed by atoms with van der Waals surface area (Å²) < 4.78 is 0. The Morgan fingerprint density at radius 1 is 0.800 bits per heavy atom. The fourth-order valence-electron chi connectivity index (χ4n) is 5.12. The fraction of sp³-hybridized carbons (Fsp3) is 0.474. The van der Waals surface area contributed by atoms with Gasteiger partial charge >= 0.3 is 0 Å². The van der Waals surface area contributed by atoms with Gasteiger partial charge in [-0.1, -0.05) is 24.3 Å². The molecule has 1 heteroatoms. The molecule has 0 amide bonds. The Labute approximate surface area is 123 Å². The lowest BCUT2D eigenvalue weighted by Crippen LogP contribution is -2.19. The minimum Gasteiger partial charge on any atom is -0.0616 e. The average molecular weight is 281 g/mol. The van der Waals surface area contributed by atoms with Crippen LogP contribution in [0.3, 0.4) is 0 Å². The van der Waals surface area contributed by atoms with E-state index in [1.807, 2.05) is 0 Å². The second-order valence-electron chi connectivity index (χ2n) is 7.00. The van der Waals surface area contributed by atoms with E-state index < -0.39 is 0 Å². The van der Waals surface area contributed by atoms with Crippen molar-refractivity contribution in [1.29, 1.82) is 0 Å². The molecule has 3 aliphatic rings. The van der Waals surface area contributed by atoms with Gasteiger partial charge in [-0.3, -0.25) is 0 Å². The van der Waals surface area contributed by atoms with E-state index in [-0.39, 0.29) is 0 Å². The van der Waals surface area contributed by atoms with E-state index in [1.165, 1.54) is 22.3 Å². The number of fused-ring (bicyclic) bond motifs is 6. The van der Waals surface area contributed by atoms with E-state index >= 15 is 0 Å². The zero-order valence-electron chi connectivity index (χ0n) is 11.8. The predicted molar refractivity (Wildman–Crippen MR) is 87.1 cm³/mol. The minimum absolute atomic E-state index is 0.543. The summed E-state index contributed by atoms with van der Waals surface area (Å²) in [6, 6.07) is 16.0. The first-order valence-corrected chi connectivity index (χ1v) is 9.61. The summed E-state index contributed by atoms with van der Waals surface area (Å²) in [5.74, 6) is 7.38. The highest BCUT2D eigenvalue weighted by Gasteiger charge is 2.56. The Kier molecular flexibility index (Phi) is 2.49. The Bertz CT molecular complexity index is 644. The van der Waals surface area contributed by atoms with Crippen molar-refractivity contribution in [2.24, 2.45) is 23.7 Å². The Morgan fingerprint density at radius 2 is 1.50 bits per heavy atom. The van der Waals surface area contributed by atoms with E-state index in [4.69, 9.17) is 0 Å². The normalized spacial score (nSPS) is 38.5. The molecule has 3 fully saturated rings. The van der Waals surface area contributed by atoms with Crippen LogP contribution < -0.4 is 0 Å². The molecule has 1 aliphatic heterocycles. The van der Waals surface area contributed by atoms with E-state index in [2.05, 4.69) is 42.5 Å². The van der Waals surface area contributed by atoms with Crippen LogP contribution in [0.4, 0.5) is 0 Å². The van der Waals surface area contributed by atoms with Crippen LogP contribution in [0.25, 0.3) is 10.8 Å². The smallest absolute Gasteiger partial charge is 0.0616 e. The van der Waals surface area contributed by atoms with Crippen LogP contribution in [-0.4, -0.2) is 11.5 Å². The van der Waals surface area contributed by atoms with Gasteiger partial charge in [-0.2, -0.15) is 0 Å². The van der Waals surface area contributed by atoms with Crippen LogP contribution in [-0.2, 0) is 10.9 Å². The van der Waals surface area contributed by atoms with Gasteiger partial charge in [0, 0.05) is 28.8 Å². The molecule has 0 radical (unpaired) electrons. The molecule has 4 unspecified atom stereocenters. The Morgan fingerprint density at radius 3 is 2.25 bits per heavy atom. The lowest BCUT2D eigenvalue weighted by Gasteiger charge is -2.19. The van der Waals surface area contributed by atoms with E-state index in [1.54, 1.807) is 24.2 Å². The molecule has 20 heavy (non-hydrogen) atoms. The zero-order valence-corrected chi connectivity index (χ0v) is 12.6. The first-order chi connectivity index (χ1) is 9.88. The van der Waals surface area contributed by atoms with Crippen molar-refractivity contribution in [2.75, 3.05) is 11.5 Å². The van der Waals surface area contributed by atoms with Crippen molar-refractivity contribution in [3.63, 3.8) is 0 Å². The molecule has 4 atom stereocenters. The monoisotopic (exact) mass is 281 g/mol. The second kappa shape index (κ2) is 4.27. The molecule has 5 rings (SSSR count). The van der Waals surface area contributed by atoms with Gasteiger partial charge in [-0.05, 0) is 54.0 Å². The molecule has 2 aromatic rings. The first kappa shape index (κ1) is 11.7. The molecule has 0 aromatic heterocycles. The summed E-state index contributed by atoms with van der Waals surface area (Å²) in [6.45, 7) is 0. The maximum absolute atomic E-state index is 2.47. The van der Waals surface area contributed by atoms with E-state index in [9.17, 15) is 0 Å². The van der Waals surface area contributed by atoms with Crippen LogP contribution in [0, 0.1) is 23.7 Å². The minimum atomic E-state index is 0.543. The molecular formula is C19H21S+. The topological polar surface area (TPSA) is 0 Å². The van der Waals surface area contributed by atoms with Gasteiger partial charge in [-0.15, -0.1) is 0 Å². The third-order valence-electron chi connectivity index (χ3n) is 6.12. The van der Waals surface area contributed by atoms with Gasteiger partial charge < -0.3 is 0 Å². The second-order valence-corrected chi connectivity index (χ2v) is 9.12. The van der Waals surface area contributed by atoms with E-state index in [0.717, 1.165) is 23.7 Å². The van der Waals surface area contributed by atoms with E-state index in [0.29, 0.717) is 10.9 Å². The first-order valence-electron chi connectivity index (χ1n) is 8.05. The molecule has 0 nitrogen and oxygen atoms in total. The summed E-state index contributed by atoms with van der Waals surface area (Å²) in [4.78, 5) is 1.64. The summed E-state index contributed by atoms with van der Waals surface area (Å²) in [7, 11) is 0.543. The van der Waals surface area contributed by atoms with Gasteiger partial charge in [0.2, 0.25) is 0 Å². The lowest BCUT2D eigenvalue weighted by molar-refractivity contribution is 0.281. The SMILES string of the molecule is c1ccc2cc([S+]3CC4C5CCC(C5)C4C3)ccc2c1. The molecule has 1 heterocycles. The van der Waals surface area contributed by atoms with Gasteiger partial charge in [0.1, 0.15) is 11.5 Å². The number of hydrogen-bond acceptors (Lipinski definition) is 0. The van der Waals surface area contributed by atoms with Gasteiger partial charge in [0.15, 0.2) is 4.90 Å². The molecular weight excluding hydrogens is 260 g/mol. The fourth-order valence-corrected chi connectivity index (χ4v) is 8.16. The summed E-state index contributed by atoms with van der Waals surface area (Å²) in [5.41, 5.74) is 0.